The molecular weight excluding hydrogens is 294 g/mol. The molecule has 0 radical (unpaired) electrons. The molecule has 0 bridgehead atoms. The predicted molar refractivity (Wildman–Crippen MR) is 99.3 cm³/mol. The van der Waals surface area contributed by atoms with Gasteiger partial charge in [-0.1, -0.05) is 68.1 Å². The molecule has 1 aliphatic carbocycles. The van der Waals surface area contributed by atoms with Gasteiger partial charge in [0.2, 0.25) is 0 Å². The number of hydrogen-bond donors (Lipinski definition) is 1. The van der Waals surface area contributed by atoms with E-state index in [0.29, 0.717) is 6.42 Å². The van der Waals surface area contributed by atoms with Crippen molar-refractivity contribution in [2.75, 3.05) is 0 Å². The van der Waals surface area contributed by atoms with Crippen LogP contribution >= 0.6 is 0 Å². The first-order chi connectivity index (χ1) is 11.8. The van der Waals surface area contributed by atoms with E-state index in [4.69, 9.17) is 0 Å². The number of Topliss-reactive ketones (excluding diaryl/α,β-unsaturated/α-hetero) is 1. The normalized spacial score (nSPS) is 15.2. The molecular formula is C22H23NO. The van der Waals surface area contributed by atoms with Gasteiger partial charge in [0.1, 0.15) is 0 Å². The topological polar surface area (TPSA) is 32.9 Å². The smallest absolute Gasteiger partial charge is 0.162 e. The molecule has 4 rings (SSSR count). The lowest BCUT2D eigenvalue weighted by Gasteiger charge is -2.08. The van der Waals surface area contributed by atoms with Gasteiger partial charge in [0, 0.05) is 28.6 Å². The summed E-state index contributed by atoms with van der Waals surface area (Å²) in [6, 6.07) is 18.5. The monoisotopic (exact) mass is 317 g/mol. The highest BCUT2D eigenvalue weighted by atomic mass is 16.1. The van der Waals surface area contributed by atoms with Crippen LogP contribution in [0.1, 0.15) is 48.9 Å². The Balaban J connectivity index is 1.46. The number of ketones is 1. The van der Waals surface area contributed by atoms with Gasteiger partial charge in [0.25, 0.3) is 0 Å². The minimum atomic E-state index is 0.282. The van der Waals surface area contributed by atoms with Crippen LogP contribution in [0.3, 0.4) is 0 Å². The zero-order chi connectivity index (χ0) is 16.4. The Kier molecular flexibility index (Phi) is 4.20. The highest BCUT2D eigenvalue weighted by Gasteiger charge is 2.16. The summed E-state index contributed by atoms with van der Waals surface area (Å²) in [6.07, 6.45) is 7.06. The molecule has 0 spiro atoms. The molecule has 1 N–H and O–H groups in total. The number of rotatable bonds is 5. The summed E-state index contributed by atoms with van der Waals surface area (Å²) in [6.45, 7) is 0. The van der Waals surface area contributed by atoms with Gasteiger partial charge < -0.3 is 4.98 Å². The average molecular weight is 317 g/mol. The van der Waals surface area contributed by atoms with Crippen molar-refractivity contribution in [2.45, 2.75) is 38.5 Å². The molecule has 2 heteroatoms. The van der Waals surface area contributed by atoms with Gasteiger partial charge in [0.15, 0.2) is 5.78 Å². The van der Waals surface area contributed by atoms with Crippen molar-refractivity contribution in [1.82, 2.24) is 4.98 Å². The maximum absolute atomic E-state index is 12.4. The zero-order valence-corrected chi connectivity index (χ0v) is 13.9. The van der Waals surface area contributed by atoms with Crippen molar-refractivity contribution in [3.63, 3.8) is 0 Å². The van der Waals surface area contributed by atoms with Crippen LogP contribution < -0.4 is 0 Å². The highest BCUT2D eigenvalue weighted by molar-refractivity contribution is 5.96. The fourth-order valence-electron chi connectivity index (χ4n) is 3.84. The molecule has 0 unspecified atom stereocenters. The number of fused-ring (bicyclic) bond motifs is 1. The van der Waals surface area contributed by atoms with Crippen molar-refractivity contribution >= 4 is 16.7 Å². The SMILES string of the molecule is O=C(CCC1CCCC1)c1ccc(-c2cc3ccccc3[nH]2)cc1. The second-order valence-corrected chi connectivity index (χ2v) is 6.96. The van der Waals surface area contributed by atoms with Crippen LogP contribution in [0.2, 0.25) is 0 Å². The standard InChI is InChI=1S/C22H23NO/c24-22(14-9-16-5-1-2-6-16)18-12-10-17(11-13-18)21-15-19-7-3-4-8-20(19)23-21/h3-4,7-8,10-13,15-16,23H,1-2,5-6,9,14H2. The fourth-order valence-corrected chi connectivity index (χ4v) is 3.84. The molecule has 1 aliphatic rings. The number of aromatic amines is 1. The number of para-hydroxylation sites is 1. The van der Waals surface area contributed by atoms with Crippen molar-refractivity contribution < 1.29 is 4.79 Å². The molecule has 2 aromatic carbocycles. The number of aromatic nitrogens is 1. The summed E-state index contributed by atoms with van der Waals surface area (Å²) in [5.41, 5.74) is 4.21. The van der Waals surface area contributed by atoms with E-state index in [-0.39, 0.29) is 5.78 Å². The maximum atomic E-state index is 12.4. The summed E-state index contributed by atoms with van der Waals surface area (Å²) >= 11 is 0. The van der Waals surface area contributed by atoms with E-state index in [1.54, 1.807) is 0 Å². The number of hydrogen-bond acceptors (Lipinski definition) is 1. The van der Waals surface area contributed by atoms with Gasteiger partial charge in [-0.3, -0.25) is 4.79 Å². The second-order valence-electron chi connectivity index (χ2n) is 6.96. The van der Waals surface area contributed by atoms with Gasteiger partial charge in [-0.25, -0.2) is 0 Å². The molecule has 1 heterocycles. The quantitative estimate of drug-likeness (QED) is 0.576. The third-order valence-electron chi connectivity index (χ3n) is 5.30. The van der Waals surface area contributed by atoms with Gasteiger partial charge in [-0.2, -0.15) is 0 Å². The van der Waals surface area contributed by atoms with E-state index in [2.05, 4.69) is 23.2 Å². The van der Waals surface area contributed by atoms with Gasteiger partial charge >= 0.3 is 0 Å². The van der Waals surface area contributed by atoms with Gasteiger partial charge in [0.05, 0.1) is 0 Å². The van der Waals surface area contributed by atoms with Crippen LogP contribution in [0.4, 0.5) is 0 Å². The molecule has 0 amide bonds. The summed E-state index contributed by atoms with van der Waals surface area (Å²) in [5, 5.41) is 1.21. The lowest BCUT2D eigenvalue weighted by Crippen LogP contribution is -2.02. The number of benzene rings is 2. The summed E-state index contributed by atoms with van der Waals surface area (Å²) in [7, 11) is 0. The van der Waals surface area contributed by atoms with E-state index in [9.17, 15) is 4.79 Å². The van der Waals surface area contributed by atoms with E-state index < -0.39 is 0 Å². The van der Waals surface area contributed by atoms with E-state index in [1.165, 1.54) is 31.1 Å². The van der Waals surface area contributed by atoms with E-state index in [0.717, 1.165) is 34.7 Å². The van der Waals surface area contributed by atoms with Crippen LogP contribution in [-0.2, 0) is 0 Å². The molecule has 122 valence electrons. The second kappa shape index (κ2) is 6.64. The molecule has 0 saturated heterocycles. The summed E-state index contributed by atoms with van der Waals surface area (Å²) < 4.78 is 0. The average Bonchev–Trinajstić information content (AvgIpc) is 3.29. The molecule has 1 saturated carbocycles. The first-order valence-corrected chi connectivity index (χ1v) is 9.01. The third-order valence-corrected chi connectivity index (χ3v) is 5.30. The fraction of sp³-hybridized carbons (Fsp3) is 0.318. The number of carbonyl (C=O) groups excluding carboxylic acids is 1. The number of nitrogens with one attached hydrogen (secondary N) is 1. The van der Waals surface area contributed by atoms with Crippen molar-refractivity contribution in [3.05, 3.63) is 60.2 Å². The third kappa shape index (κ3) is 3.14. The lowest BCUT2D eigenvalue weighted by atomic mass is 9.97. The summed E-state index contributed by atoms with van der Waals surface area (Å²) in [4.78, 5) is 15.8. The Labute approximate surface area is 142 Å². The largest absolute Gasteiger partial charge is 0.355 e. The van der Waals surface area contributed by atoms with Crippen molar-refractivity contribution in [2.24, 2.45) is 5.92 Å². The minimum Gasteiger partial charge on any atom is -0.355 e. The molecule has 1 fully saturated rings. The first kappa shape index (κ1) is 15.2. The number of H-pyrrole nitrogens is 1. The molecule has 0 aliphatic heterocycles. The zero-order valence-electron chi connectivity index (χ0n) is 13.9. The van der Waals surface area contributed by atoms with Crippen molar-refractivity contribution in [1.29, 1.82) is 0 Å². The molecule has 2 nitrogen and oxygen atoms in total. The molecule has 3 aromatic rings. The predicted octanol–water partition coefficient (Wildman–Crippen LogP) is 5.99. The Morgan fingerprint density at radius 2 is 1.75 bits per heavy atom. The van der Waals surface area contributed by atoms with E-state index >= 15 is 0 Å². The Morgan fingerprint density at radius 3 is 2.50 bits per heavy atom. The maximum Gasteiger partial charge on any atom is 0.162 e. The van der Waals surface area contributed by atoms with E-state index in [1.807, 2.05) is 36.4 Å². The van der Waals surface area contributed by atoms with Gasteiger partial charge in [-0.15, -0.1) is 0 Å². The Bertz CT molecular complexity index is 805. The van der Waals surface area contributed by atoms with Gasteiger partial charge in [-0.05, 0) is 30.0 Å². The van der Waals surface area contributed by atoms with Crippen LogP contribution in [-0.4, -0.2) is 10.8 Å². The minimum absolute atomic E-state index is 0.282. The lowest BCUT2D eigenvalue weighted by molar-refractivity contribution is 0.0974. The highest BCUT2D eigenvalue weighted by Crippen LogP contribution is 2.29. The van der Waals surface area contributed by atoms with Crippen molar-refractivity contribution in [3.8, 4) is 11.3 Å². The van der Waals surface area contributed by atoms with Crippen LogP contribution in [0.25, 0.3) is 22.2 Å². The first-order valence-electron chi connectivity index (χ1n) is 9.01. The Hall–Kier alpha value is -2.35. The van der Waals surface area contributed by atoms with Crippen LogP contribution in [0.5, 0.6) is 0 Å². The summed E-state index contributed by atoms with van der Waals surface area (Å²) in [5.74, 6) is 1.06. The molecule has 0 atom stereocenters. The van der Waals surface area contributed by atoms with Crippen LogP contribution in [0.15, 0.2) is 54.6 Å². The molecule has 1 aromatic heterocycles. The number of carbonyl (C=O) groups is 1. The molecule has 24 heavy (non-hydrogen) atoms. The van der Waals surface area contributed by atoms with Crippen LogP contribution in [0, 0.1) is 5.92 Å². The Morgan fingerprint density at radius 1 is 1.00 bits per heavy atom.